The van der Waals surface area contributed by atoms with Crippen molar-refractivity contribution in [1.82, 2.24) is 0 Å². The van der Waals surface area contributed by atoms with Gasteiger partial charge in [0.2, 0.25) is 0 Å². The van der Waals surface area contributed by atoms with E-state index in [1.807, 2.05) is 0 Å². The van der Waals surface area contributed by atoms with Gasteiger partial charge in [0.25, 0.3) is 0 Å². The third-order valence-corrected chi connectivity index (χ3v) is 0.274. The topological polar surface area (TPSA) is 63.6 Å². The van der Waals surface area contributed by atoms with Gasteiger partial charge < -0.3 is 0 Å². The van der Waals surface area contributed by atoms with Crippen molar-refractivity contribution in [2.24, 2.45) is 5.92 Å². The fraction of sp³-hybridized carbons (Fsp3) is 1.00. The zero-order valence-corrected chi connectivity index (χ0v) is 11.1. The normalized spacial score (nSPS) is 7.94. The van der Waals surface area contributed by atoms with Crippen LogP contribution in [0.4, 0.5) is 0 Å². The van der Waals surface area contributed by atoms with E-state index in [4.69, 9.17) is 16.5 Å². The summed E-state index contributed by atoms with van der Waals surface area (Å²) in [6, 6.07) is 0. The van der Waals surface area contributed by atoms with Crippen LogP contribution in [0.1, 0.15) is 56.4 Å². The first-order valence-corrected chi connectivity index (χ1v) is 4.79. The van der Waals surface area contributed by atoms with Crippen LogP contribution in [0, 0.1) is 15.8 Å². The highest BCUT2D eigenvalue weighted by atomic mass is 31.0. The zero-order chi connectivity index (χ0) is 13.5. The monoisotopic (exact) mass is 259 g/mol. The van der Waals surface area contributed by atoms with E-state index in [1.165, 1.54) is 7.53 Å². The molecule has 0 aliphatic carbocycles. The molecule has 0 saturated heterocycles. The molecular weight excluding hydrogens is 226 g/mol. The average Bonchev–Trinajstić information content (AvgIpc) is 2.07. The van der Waals surface area contributed by atoms with E-state index in [0.29, 0.717) is 0 Å². The Hall–Kier alpha value is 0.0149. The molecule has 0 amide bonds. The Balaban J connectivity index is -0.0000000246. The largest absolute Gasteiger partial charge is 0.251 e. The van der Waals surface area contributed by atoms with Gasteiger partial charge in [0, 0.05) is 9.93 Å². The summed E-state index contributed by atoms with van der Waals surface area (Å²) in [5, 5.41) is 7.90. The van der Waals surface area contributed by atoms with E-state index in [1.54, 1.807) is 20.8 Å². The maximum absolute atomic E-state index is 7.90. The molecule has 0 heterocycles. The Bertz CT molecular complexity index is 100. The van der Waals surface area contributed by atoms with Crippen LogP contribution in [0.5, 0.6) is 0 Å². The molecule has 1 N–H and O–H groups in total. The van der Waals surface area contributed by atoms with Crippen LogP contribution in [0.15, 0.2) is 0 Å². The van der Waals surface area contributed by atoms with E-state index in [2.05, 4.69) is 34.8 Å². The second-order valence-electron chi connectivity index (χ2n) is 3.94. The average molecular weight is 259 g/mol. The molecule has 0 aromatic carbocycles. The number of rotatable bonds is 0. The standard InChI is InChI=1S/C4H10O2.C4H10.2CH4.BH3P.O2/c1-4(2,3)6-5;1-4(2)3;;;2*1-2/h5H,1-3H3;4H,1-3H3;2*1H4;1H,2H2;/i;;;;1T;. The summed E-state index contributed by atoms with van der Waals surface area (Å²) in [5.74, 6) is 0.833. The van der Waals surface area contributed by atoms with E-state index in [-0.39, 0.29) is 14.9 Å². The Labute approximate surface area is 107 Å². The van der Waals surface area contributed by atoms with Crippen molar-refractivity contribution in [3.63, 3.8) is 0 Å². The van der Waals surface area contributed by atoms with Gasteiger partial charge in [-0.25, -0.2) is 4.89 Å². The van der Waals surface area contributed by atoms with Crippen molar-refractivity contribution in [3.8, 4) is 0 Å². The highest BCUT2D eigenvalue weighted by molar-refractivity contribution is 7.49. The van der Waals surface area contributed by atoms with Gasteiger partial charge in [-0.3, -0.25) is 5.26 Å². The molecule has 0 aromatic rings. The fourth-order valence-electron chi connectivity index (χ4n) is 0. The Kier molecular flexibility index (Phi) is 54.7. The van der Waals surface area contributed by atoms with E-state index in [0.717, 1.165) is 5.92 Å². The van der Waals surface area contributed by atoms with E-state index >= 15 is 0 Å². The highest BCUT2D eigenvalue weighted by Crippen LogP contribution is 2.01. The smallest absolute Gasteiger partial charge is 0.116 e. The lowest BCUT2D eigenvalue weighted by Crippen LogP contribution is -2.15. The van der Waals surface area contributed by atoms with Crippen LogP contribution >= 0.6 is 9.12 Å². The van der Waals surface area contributed by atoms with Crippen molar-refractivity contribution in [2.75, 3.05) is 0 Å². The first kappa shape index (κ1) is 29.8. The van der Waals surface area contributed by atoms with E-state index in [9.17, 15) is 0 Å². The minimum atomic E-state index is -0.403. The second-order valence-corrected chi connectivity index (χ2v) is 3.94. The van der Waals surface area contributed by atoms with Crippen molar-refractivity contribution in [2.45, 2.75) is 62.0 Å². The van der Waals surface area contributed by atoms with Gasteiger partial charge in [0.05, 0.1) is 5.60 Å². The van der Waals surface area contributed by atoms with E-state index < -0.39 is 5.60 Å². The van der Waals surface area contributed by atoms with Crippen LogP contribution in [0.3, 0.4) is 0 Å². The molecule has 1 unspecified atom stereocenters. The predicted octanol–water partition coefficient (Wildman–Crippen LogP) is 3.95. The summed E-state index contributed by atoms with van der Waals surface area (Å²) in [7, 11) is 3.29. The first-order valence-electron chi connectivity index (χ1n) is 4.70. The van der Waals surface area contributed by atoms with Crippen molar-refractivity contribution in [1.29, 1.82) is 1.34 Å². The van der Waals surface area contributed by atoms with Crippen molar-refractivity contribution in [3.05, 3.63) is 9.93 Å². The fourth-order valence-corrected chi connectivity index (χ4v) is 0. The quantitative estimate of drug-likeness (QED) is 0.309. The molecule has 103 valence electrons. The summed E-state index contributed by atoms with van der Waals surface area (Å²) in [6.07, 6.45) is 0. The molecule has 0 aliphatic heterocycles. The van der Waals surface area contributed by atoms with Gasteiger partial charge >= 0.3 is 0 Å². The summed E-state index contributed by atoms with van der Waals surface area (Å²) in [5.41, 5.74) is -0.403. The first-order chi connectivity index (χ1) is 6.71. The van der Waals surface area contributed by atoms with Gasteiger partial charge in [-0.15, -0.1) is 0 Å². The summed E-state index contributed by atoms with van der Waals surface area (Å²) in [6.45, 7) is 11.8. The third kappa shape index (κ3) is 261. The Morgan fingerprint density at radius 1 is 1.25 bits per heavy atom. The Morgan fingerprint density at radius 3 is 1.31 bits per heavy atom. The van der Waals surface area contributed by atoms with Gasteiger partial charge in [-0.1, -0.05) is 35.6 Å². The van der Waals surface area contributed by atoms with Crippen LogP contribution in [-0.2, 0) is 4.89 Å². The summed E-state index contributed by atoms with van der Waals surface area (Å²) >= 11 is 0. The molecule has 1 radical (unpaired) electrons. The van der Waals surface area contributed by atoms with Crippen LogP contribution < -0.4 is 0 Å². The maximum Gasteiger partial charge on any atom is 0.116 e. The zero-order valence-electron chi connectivity index (χ0n) is 10.9. The lowest BCUT2D eigenvalue weighted by molar-refractivity contribution is -0.306. The maximum atomic E-state index is 7.90. The molecule has 0 aliphatic rings. The molecule has 0 bridgehead atoms. The molecular formula is C10H31BO4P. The number of hydrogen-bond donors (Lipinski definition) is 1. The molecule has 0 fully saturated rings. The lowest BCUT2D eigenvalue weighted by atomic mass is 10.2. The molecule has 0 aromatic heterocycles. The predicted molar refractivity (Wildman–Crippen MR) is 81.0 cm³/mol. The van der Waals surface area contributed by atoms with Gasteiger partial charge in [0.15, 0.2) is 0 Å². The second kappa shape index (κ2) is 29.4. The van der Waals surface area contributed by atoms with Gasteiger partial charge in [-0.2, -0.15) is 9.12 Å². The summed E-state index contributed by atoms with van der Waals surface area (Å²) < 4.78 is 6.05. The molecule has 6 heteroatoms. The lowest BCUT2D eigenvalue weighted by Gasteiger charge is -2.10. The molecule has 0 spiro atoms. The van der Waals surface area contributed by atoms with Crippen molar-refractivity contribution < 1.29 is 10.1 Å². The number of hydrogen-bond acceptors (Lipinski definition) is 4. The highest BCUT2D eigenvalue weighted by Gasteiger charge is 2.06. The Morgan fingerprint density at radius 2 is 1.31 bits per heavy atom. The van der Waals surface area contributed by atoms with Crippen LogP contribution in [0.2, 0.25) is 0 Å². The van der Waals surface area contributed by atoms with Crippen LogP contribution in [-0.4, -0.2) is 19.7 Å². The SMILES string of the molecule is C.C.CC(C)(C)OO.CC(C)C.O=O.[3H][B]P. The summed E-state index contributed by atoms with van der Waals surface area (Å²) in [4.78, 5) is 17.9. The molecule has 0 rings (SSSR count). The third-order valence-electron chi connectivity index (χ3n) is 0.274. The minimum absolute atomic E-state index is 0. The molecule has 0 saturated carbocycles. The molecule has 4 nitrogen and oxygen atoms in total. The minimum Gasteiger partial charge on any atom is -0.251 e. The van der Waals surface area contributed by atoms with Crippen LogP contribution in [0.25, 0.3) is 0 Å². The molecule has 1 atom stereocenters. The van der Waals surface area contributed by atoms with Crippen molar-refractivity contribution >= 4 is 16.6 Å². The molecule has 16 heavy (non-hydrogen) atoms. The van der Waals surface area contributed by atoms with Gasteiger partial charge in [0.1, 0.15) is 7.53 Å². The van der Waals surface area contributed by atoms with Gasteiger partial charge in [-0.05, 0) is 28.0 Å².